The van der Waals surface area contributed by atoms with E-state index in [1.54, 1.807) is 67.7 Å². The summed E-state index contributed by atoms with van der Waals surface area (Å²) < 4.78 is 40.9. The maximum Gasteiger partial charge on any atom is 0.408 e. The number of benzene rings is 1. The highest BCUT2D eigenvalue weighted by atomic mass is 32.2. The number of pyridine rings is 1. The Morgan fingerprint density at radius 3 is 2.32 bits per heavy atom. The number of carbonyl (C=O) groups is 4. The minimum atomic E-state index is -4.22. The van der Waals surface area contributed by atoms with Gasteiger partial charge in [-0.2, -0.15) is 12.7 Å². The fourth-order valence-corrected chi connectivity index (χ4v) is 7.00. The molecule has 3 N–H and O–H groups in total. The van der Waals surface area contributed by atoms with Gasteiger partial charge in [-0.3, -0.25) is 24.3 Å². The van der Waals surface area contributed by atoms with E-state index in [-0.39, 0.29) is 19.3 Å². The molecule has 2 aliphatic rings. The Bertz CT molecular complexity index is 1750. The SMILES string of the molecule is C=CC1CC1(NC(=O)[C@@H]1CC[C@@H](Oc2ccnc3ccccc23)N1C(=O)[C@H](NC(=O)OC(C)(C)C)C(C)(C)C)C(=O)NS(=O)(=O)N(C)C(C)C. The number of nitrogens with one attached hydrogen (secondary N) is 3. The number of ether oxygens (including phenoxy) is 2. The van der Waals surface area contributed by atoms with E-state index < -0.39 is 80.9 Å². The third-order valence-corrected chi connectivity index (χ3v) is 10.5. The van der Waals surface area contributed by atoms with Crippen molar-refractivity contribution in [2.45, 2.75) is 110 Å². The van der Waals surface area contributed by atoms with E-state index in [0.717, 1.165) is 4.31 Å². The number of alkyl carbamates (subject to hydrolysis) is 1. The zero-order chi connectivity index (χ0) is 37.4. The quantitative estimate of drug-likeness (QED) is 0.294. The average Bonchev–Trinajstić information content (AvgIpc) is 3.57. The van der Waals surface area contributed by atoms with Crippen LogP contribution in [0.4, 0.5) is 4.79 Å². The molecule has 2 unspecified atom stereocenters. The lowest BCUT2D eigenvalue weighted by atomic mass is 9.85. The average molecular weight is 715 g/mol. The largest absolute Gasteiger partial charge is 0.470 e. The van der Waals surface area contributed by atoms with E-state index in [0.29, 0.717) is 16.7 Å². The summed E-state index contributed by atoms with van der Waals surface area (Å²) in [6.45, 7) is 17.5. The standard InChI is InChI=1S/C35H50N6O8S/c1-11-22-20-35(22,31(44)39-50(46,47)40(10)21(2)3)38-29(42)25-16-17-27(48-26-18-19-36-24-15-13-12-14-23(24)26)41(25)30(43)28(33(4,5)6)37-32(45)49-34(7,8)9/h11-15,18-19,21-22,25,27-28H,1,16-17,20H2,2-10H3,(H,37,45)(H,38,42)(H,39,44)/t22?,25-,27+,28-,35?/m0/s1. The van der Waals surface area contributed by atoms with E-state index >= 15 is 0 Å². The molecule has 15 heteroatoms. The molecule has 1 aromatic heterocycles. The molecule has 0 radical (unpaired) electrons. The number of likely N-dealkylation sites (tertiary alicyclic amines) is 1. The Morgan fingerprint density at radius 2 is 1.74 bits per heavy atom. The van der Waals surface area contributed by atoms with Gasteiger partial charge in [-0.25, -0.2) is 9.52 Å². The van der Waals surface area contributed by atoms with Gasteiger partial charge in [0.1, 0.15) is 29.0 Å². The van der Waals surface area contributed by atoms with Gasteiger partial charge in [0.15, 0.2) is 6.23 Å². The molecular weight excluding hydrogens is 664 g/mol. The third-order valence-electron chi connectivity index (χ3n) is 8.92. The van der Waals surface area contributed by atoms with Crippen LogP contribution in [0.2, 0.25) is 0 Å². The fourth-order valence-electron chi connectivity index (χ4n) is 5.88. The first-order valence-electron chi connectivity index (χ1n) is 16.7. The predicted octanol–water partition coefficient (Wildman–Crippen LogP) is 3.63. The van der Waals surface area contributed by atoms with Gasteiger partial charge in [0.2, 0.25) is 11.8 Å². The van der Waals surface area contributed by atoms with Crippen LogP contribution in [0.3, 0.4) is 0 Å². The minimum absolute atomic E-state index is 0.114. The van der Waals surface area contributed by atoms with Crippen LogP contribution < -0.4 is 20.1 Å². The summed E-state index contributed by atoms with van der Waals surface area (Å²) in [5.74, 6) is -2.29. The van der Waals surface area contributed by atoms with Crippen molar-refractivity contribution >= 4 is 44.9 Å². The number of nitrogens with zero attached hydrogens (tertiary/aromatic N) is 3. The van der Waals surface area contributed by atoms with Gasteiger partial charge in [0, 0.05) is 37.0 Å². The highest BCUT2D eigenvalue weighted by Gasteiger charge is 2.62. The first kappa shape index (κ1) is 38.6. The minimum Gasteiger partial charge on any atom is -0.470 e. The van der Waals surface area contributed by atoms with Crippen molar-refractivity contribution in [1.82, 2.24) is 29.5 Å². The van der Waals surface area contributed by atoms with Crippen molar-refractivity contribution in [2.24, 2.45) is 11.3 Å². The summed E-state index contributed by atoms with van der Waals surface area (Å²) in [5.41, 5.74) is -2.60. The topological polar surface area (TPSA) is 176 Å². The molecule has 2 heterocycles. The van der Waals surface area contributed by atoms with Gasteiger partial charge in [-0.1, -0.05) is 39.0 Å². The molecule has 5 atom stereocenters. The van der Waals surface area contributed by atoms with Crippen LogP contribution in [0.5, 0.6) is 5.75 Å². The molecule has 1 aliphatic carbocycles. The molecule has 2 fully saturated rings. The van der Waals surface area contributed by atoms with Crippen LogP contribution in [0.25, 0.3) is 10.9 Å². The molecule has 4 rings (SSSR count). The Balaban J connectivity index is 1.70. The van der Waals surface area contributed by atoms with Gasteiger partial charge in [-0.15, -0.1) is 6.58 Å². The van der Waals surface area contributed by atoms with Crippen LogP contribution in [0, 0.1) is 11.3 Å². The van der Waals surface area contributed by atoms with Gasteiger partial charge in [0.25, 0.3) is 5.91 Å². The van der Waals surface area contributed by atoms with Crippen molar-refractivity contribution < 1.29 is 37.1 Å². The normalized spacial score (nSPS) is 22.9. The molecule has 1 saturated heterocycles. The molecule has 1 aliphatic heterocycles. The molecule has 0 spiro atoms. The number of aromatic nitrogens is 1. The van der Waals surface area contributed by atoms with Crippen molar-refractivity contribution in [3.63, 3.8) is 0 Å². The number of hydrogen-bond donors (Lipinski definition) is 3. The first-order chi connectivity index (χ1) is 23.1. The summed E-state index contributed by atoms with van der Waals surface area (Å²) in [6, 6.07) is 6.28. The molecule has 274 valence electrons. The van der Waals surface area contributed by atoms with Gasteiger partial charge in [0.05, 0.1) is 5.52 Å². The lowest BCUT2D eigenvalue weighted by Gasteiger charge is -2.38. The second-order valence-electron chi connectivity index (χ2n) is 15.2. The molecule has 50 heavy (non-hydrogen) atoms. The second kappa shape index (κ2) is 14.2. The van der Waals surface area contributed by atoms with Gasteiger partial charge >= 0.3 is 16.3 Å². The maximum atomic E-state index is 14.6. The summed E-state index contributed by atoms with van der Waals surface area (Å²) >= 11 is 0. The summed E-state index contributed by atoms with van der Waals surface area (Å²) in [5, 5.41) is 6.18. The van der Waals surface area contributed by atoms with E-state index in [4.69, 9.17) is 9.47 Å². The van der Waals surface area contributed by atoms with Crippen LogP contribution in [0.15, 0.2) is 49.2 Å². The summed E-state index contributed by atoms with van der Waals surface area (Å²) in [6.07, 6.45) is 1.81. The van der Waals surface area contributed by atoms with Crippen molar-refractivity contribution in [3.8, 4) is 5.75 Å². The van der Waals surface area contributed by atoms with Gasteiger partial charge in [-0.05, 0) is 71.1 Å². The van der Waals surface area contributed by atoms with E-state index in [9.17, 15) is 27.6 Å². The smallest absolute Gasteiger partial charge is 0.408 e. The summed E-state index contributed by atoms with van der Waals surface area (Å²) in [4.78, 5) is 61.1. The number of amides is 4. The molecule has 2 aromatic rings. The van der Waals surface area contributed by atoms with Crippen LogP contribution >= 0.6 is 0 Å². The first-order valence-corrected chi connectivity index (χ1v) is 18.1. The number of carbonyl (C=O) groups excluding carboxylic acids is 4. The molecular formula is C35H50N6O8S. The molecule has 1 saturated carbocycles. The lowest BCUT2D eigenvalue weighted by Crippen LogP contribution is -2.62. The van der Waals surface area contributed by atoms with Crippen molar-refractivity contribution in [2.75, 3.05) is 7.05 Å². The fraction of sp³-hybridized carbons (Fsp3) is 0.571. The predicted molar refractivity (Wildman–Crippen MR) is 188 cm³/mol. The number of fused-ring (bicyclic) bond motifs is 1. The highest BCUT2D eigenvalue weighted by molar-refractivity contribution is 7.87. The molecule has 4 amide bonds. The van der Waals surface area contributed by atoms with Crippen molar-refractivity contribution in [3.05, 3.63) is 49.2 Å². The highest BCUT2D eigenvalue weighted by Crippen LogP contribution is 2.45. The number of hydrogen-bond acceptors (Lipinski definition) is 9. The van der Waals surface area contributed by atoms with E-state index in [2.05, 4.69) is 26.9 Å². The second-order valence-corrected chi connectivity index (χ2v) is 17.0. The Kier molecular flexibility index (Phi) is 10.9. The third kappa shape index (κ3) is 8.37. The van der Waals surface area contributed by atoms with Crippen molar-refractivity contribution in [1.29, 1.82) is 0 Å². The number of rotatable bonds is 11. The Morgan fingerprint density at radius 1 is 1.08 bits per heavy atom. The Hall–Kier alpha value is -4.24. The zero-order valence-electron chi connectivity index (χ0n) is 30.3. The van der Waals surface area contributed by atoms with Crippen LogP contribution in [-0.2, 0) is 29.3 Å². The van der Waals surface area contributed by atoms with Gasteiger partial charge < -0.3 is 20.1 Å². The number of para-hydroxylation sites is 1. The monoisotopic (exact) mass is 714 g/mol. The summed E-state index contributed by atoms with van der Waals surface area (Å²) in [7, 11) is -2.88. The van der Waals surface area contributed by atoms with E-state index in [1.807, 2.05) is 24.3 Å². The van der Waals surface area contributed by atoms with Crippen LogP contribution in [0.1, 0.15) is 74.7 Å². The molecule has 0 bridgehead atoms. The zero-order valence-corrected chi connectivity index (χ0v) is 31.1. The van der Waals surface area contributed by atoms with E-state index in [1.165, 1.54) is 18.0 Å². The lowest BCUT2D eigenvalue weighted by molar-refractivity contribution is -0.149. The maximum absolute atomic E-state index is 14.6. The molecule has 14 nitrogen and oxygen atoms in total. The molecule has 1 aromatic carbocycles. The van der Waals surface area contributed by atoms with Crippen LogP contribution in [-0.4, -0.2) is 89.0 Å². The Labute approximate surface area is 294 Å².